The van der Waals surface area contributed by atoms with Gasteiger partial charge in [0.2, 0.25) is 0 Å². The number of aromatic nitrogens is 1. The standard InChI is InChI=1S/C14H13NO4S2/c1-19-13(17)9-6-20-12-11(21-14(18)15-12)10(9)7-2-4-8(16)5-3-7/h2-5,9-10,16H,6H2,1H3,(H,15,18). The molecule has 2 N–H and O–H groups in total. The van der Waals surface area contributed by atoms with Gasteiger partial charge in [-0.05, 0) is 17.7 Å². The Kier molecular flexibility index (Phi) is 3.77. The Hall–Kier alpha value is -1.73. The van der Waals surface area contributed by atoms with E-state index >= 15 is 0 Å². The molecule has 0 saturated heterocycles. The van der Waals surface area contributed by atoms with E-state index < -0.39 is 0 Å². The summed E-state index contributed by atoms with van der Waals surface area (Å²) in [4.78, 5) is 27.2. The first-order chi connectivity index (χ1) is 10.1. The Balaban J connectivity index is 2.11. The third kappa shape index (κ3) is 2.58. The normalized spacial score (nSPS) is 20.8. The molecule has 7 heteroatoms. The third-order valence-corrected chi connectivity index (χ3v) is 5.72. The monoisotopic (exact) mass is 323 g/mol. The van der Waals surface area contributed by atoms with Gasteiger partial charge < -0.3 is 14.8 Å². The summed E-state index contributed by atoms with van der Waals surface area (Å²) in [5.74, 6) is -0.132. The largest absolute Gasteiger partial charge is 0.508 e. The Morgan fingerprint density at radius 2 is 2.10 bits per heavy atom. The highest BCUT2D eigenvalue weighted by Gasteiger charge is 2.38. The van der Waals surface area contributed by atoms with Crippen LogP contribution in [-0.4, -0.2) is 28.9 Å². The number of carbonyl (C=O) groups excluding carboxylic acids is 1. The van der Waals surface area contributed by atoms with Crippen molar-refractivity contribution in [1.29, 1.82) is 0 Å². The number of ether oxygens (including phenoxy) is 1. The van der Waals surface area contributed by atoms with E-state index in [1.807, 2.05) is 0 Å². The summed E-state index contributed by atoms with van der Waals surface area (Å²) in [6.07, 6.45) is 0. The number of nitrogens with one attached hydrogen (secondary N) is 1. The zero-order valence-corrected chi connectivity index (χ0v) is 12.8. The highest BCUT2D eigenvalue weighted by molar-refractivity contribution is 7.99. The quantitative estimate of drug-likeness (QED) is 0.828. The number of fused-ring (bicyclic) bond motifs is 1. The molecule has 2 heterocycles. The minimum absolute atomic E-state index is 0.123. The lowest BCUT2D eigenvalue weighted by atomic mass is 9.85. The first-order valence-electron chi connectivity index (χ1n) is 6.32. The smallest absolute Gasteiger partial charge is 0.310 e. The Bertz CT molecular complexity index is 719. The molecule has 1 aromatic carbocycles. The number of phenols is 1. The van der Waals surface area contributed by atoms with Crippen molar-refractivity contribution in [2.24, 2.45) is 5.92 Å². The van der Waals surface area contributed by atoms with E-state index in [2.05, 4.69) is 4.98 Å². The Morgan fingerprint density at radius 3 is 2.76 bits per heavy atom. The first-order valence-corrected chi connectivity index (χ1v) is 8.13. The van der Waals surface area contributed by atoms with E-state index in [0.717, 1.165) is 26.8 Å². The van der Waals surface area contributed by atoms with Gasteiger partial charge in [-0.2, -0.15) is 0 Å². The molecule has 5 nitrogen and oxygen atoms in total. The summed E-state index contributed by atoms with van der Waals surface area (Å²) in [5, 5.41) is 10.2. The maximum atomic E-state index is 12.1. The van der Waals surface area contributed by atoms with Gasteiger partial charge in [-0.3, -0.25) is 9.59 Å². The summed E-state index contributed by atoms with van der Waals surface area (Å²) in [5.41, 5.74) is 0.889. The number of rotatable bonds is 2. The molecule has 0 bridgehead atoms. The minimum Gasteiger partial charge on any atom is -0.508 e. The minimum atomic E-state index is -0.344. The summed E-state index contributed by atoms with van der Waals surface area (Å²) in [7, 11) is 1.37. The van der Waals surface area contributed by atoms with Crippen LogP contribution >= 0.6 is 23.1 Å². The SMILES string of the molecule is COC(=O)C1CSc2[nH]c(=O)sc2C1c1ccc(O)cc1. The number of hydrogen-bond donors (Lipinski definition) is 2. The van der Waals surface area contributed by atoms with Crippen molar-refractivity contribution in [3.8, 4) is 5.75 Å². The lowest BCUT2D eigenvalue weighted by molar-refractivity contribution is -0.145. The number of aromatic hydroxyl groups is 1. The molecule has 0 radical (unpaired) electrons. The highest BCUT2D eigenvalue weighted by Crippen LogP contribution is 2.45. The fourth-order valence-electron chi connectivity index (χ4n) is 2.51. The molecule has 0 amide bonds. The van der Waals surface area contributed by atoms with Crippen LogP contribution in [0.15, 0.2) is 34.1 Å². The summed E-state index contributed by atoms with van der Waals surface area (Å²) in [6, 6.07) is 6.72. The predicted molar refractivity (Wildman–Crippen MR) is 81.1 cm³/mol. The van der Waals surface area contributed by atoms with Crippen LogP contribution in [0.25, 0.3) is 0 Å². The van der Waals surface area contributed by atoms with E-state index in [-0.39, 0.29) is 28.4 Å². The van der Waals surface area contributed by atoms with Crippen LogP contribution in [0.5, 0.6) is 5.75 Å². The summed E-state index contributed by atoms with van der Waals surface area (Å²) < 4.78 is 4.90. The third-order valence-electron chi connectivity index (χ3n) is 3.49. The number of thiazole rings is 1. The van der Waals surface area contributed by atoms with E-state index in [0.29, 0.717) is 5.75 Å². The van der Waals surface area contributed by atoms with Crippen LogP contribution in [0.2, 0.25) is 0 Å². The molecule has 0 saturated carbocycles. The molecule has 2 atom stereocenters. The second-order valence-corrected chi connectivity index (χ2v) is 6.76. The second kappa shape index (κ2) is 5.57. The van der Waals surface area contributed by atoms with Crippen LogP contribution in [-0.2, 0) is 9.53 Å². The molecule has 0 spiro atoms. The van der Waals surface area contributed by atoms with Crippen molar-refractivity contribution < 1.29 is 14.6 Å². The fourth-order valence-corrected chi connectivity index (χ4v) is 4.91. The van der Waals surface area contributed by atoms with Crippen molar-refractivity contribution in [3.63, 3.8) is 0 Å². The number of benzene rings is 1. The molecule has 1 aliphatic rings. The van der Waals surface area contributed by atoms with Crippen LogP contribution in [0.3, 0.4) is 0 Å². The van der Waals surface area contributed by atoms with Gasteiger partial charge in [0.05, 0.1) is 18.1 Å². The van der Waals surface area contributed by atoms with Gasteiger partial charge in [-0.15, -0.1) is 11.8 Å². The highest BCUT2D eigenvalue weighted by atomic mass is 32.2. The van der Waals surface area contributed by atoms with Gasteiger partial charge in [0, 0.05) is 16.5 Å². The molecule has 0 aliphatic carbocycles. The molecule has 1 aromatic heterocycles. The lowest BCUT2D eigenvalue weighted by Gasteiger charge is -2.29. The van der Waals surface area contributed by atoms with Crippen LogP contribution in [0.1, 0.15) is 16.4 Å². The average Bonchev–Trinajstić information content (AvgIpc) is 2.86. The molecule has 110 valence electrons. The number of aromatic amines is 1. The maximum absolute atomic E-state index is 12.1. The number of carbonyl (C=O) groups is 1. The van der Waals surface area contributed by atoms with Gasteiger partial charge in [0.15, 0.2) is 0 Å². The Labute approximate surface area is 129 Å². The number of methoxy groups -OCH3 is 1. The molecule has 21 heavy (non-hydrogen) atoms. The zero-order valence-electron chi connectivity index (χ0n) is 11.2. The summed E-state index contributed by atoms with van der Waals surface area (Å²) in [6.45, 7) is 0. The molecular weight excluding hydrogens is 310 g/mol. The van der Waals surface area contributed by atoms with Crippen molar-refractivity contribution in [1.82, 2.24) is 4.98 Å². The maximum Gasteiger partial charge on any atom is 0.310 e. The average molecular weight is 323 g/mol. The lowest BCUT2D eigenvalue weighted by Crippen LogP contribution is -2.29. The fraction of sp³-hybridized carbons (Fsp3) is 0.286. The van der Waals surface area contributed by atoms with Crippen molar-refractivity contribution in [2.75, 3.05) is 12.9 Å². The molecular formula is C14H13NO4S2. The van der Waals surface area contributed by atoms with Gasteiger partial charge in [0.25, 0.3) is 0 Å². The van der Waals surface area contributed by atoms with E-state index in [1.165, 1.54) is 18.9 Å². The molecule has 2 unspecified atom stereocenters. The first kappa shape index (κ1) is 14.2. The van der Waals surface area contributed by atoms with E-state index in [1.54, 1.807) is 24.3 Å². The topological polar surface area (TPSA) is 79.4 Å². The molecule has 0 fully saturated rings. The van der Waals surface area contributed by atoms with E-state index in [9.17, 15) is 14.7 Å². The molecule has 2 aromatic rings. The van der Waals surface area contributed by atoms with Gasteiger partial charge in [-0.1, -0.05) is 23.5 Å². The summed E-state index contributed by atoms with van der Waals surface area (Å²) >= 11 is 2.59. The second-order valence-electron chi connectivity index (χ2n) is 4.72. The van der Waals surface area contributed by atoms with Crippen molar-refractivity contribution >= 4 is 29.1 Å². The van der Waals surface area contributed by atoms with Crippen molar-refractivity contribution in [3.05, 3.63) is 44.4 Å². The van der Waals surface area contributed by atoms with Gasteiger partial charge in [-0.25, -0.2) is 0 Å². The number of hydrogen-bond acceptors (Lipinski definition) is 6. The zero-order chi connectivity index (χ0) is 15.0. The van der Waals surface area contributed by atoms with Gasteiger partial charge >= 0.3 is 10.8 Å². The van der Waals surface area contributed by atoms with Crippen LogP contribution < -0.4 is 4.87 Å². The molecule has 3 rings (SSSR count). The van der Waals surface area contributed by atoms with Crippen LogP contribution in [0, 0.1) is 5.92 Å². The van der Waals surface area contributed by atoms with E-state index in [4.69, 9.17) is 4.74 Å². The number of esters is 1. The molecule has 1 aliphatic heterocycles. The number of thioether (sulfide) groups is 1. The number of phenolic OH excluding ortho intramolecular Hbond substituents is 1. The predicted octanol–water partition coefficient (Wildman–Crippen LogP) is 2.17. The van der Waals surface area contributed by atoms with Crippen molar-refractivity contribution in [2.45, 2.75) is 10.9 Å². The Morgan fingerprint density at radius 1 is 1.38 bits per heavy atom. The van der Waals surface area contributed by atoms with Gasteiger partial charge in [0.1, 0.15) is 5.75 Å². The van der Waals surface area contributed by atoms with Crippen LogP contribution in [0.4, 0.5) is 0 Å². The number of H-pyrrole nitrogens is 1.